The number of hydrogen-bond acceptors (Lipinski definition) is 3. The van der Waals surface area contributed by atoms with Gasteiger partial charge in [0.05, 0.1) is 6.21 Å². The Labute approximate surface area is 141 Å². The number of amides is 2. The van der Waals surface area contributed by atoms with E-state index in [1.165, 1.54) is 0 Å². The summed E-state index contributed by atoms with van der Waals surface area (Å²) in [4.78, 5) is 23.6. The van der Waals surface area contributed by atoms with Crippen molar-refractivity contribution in [3.63, 3.8) is 0 Å². The van der Waals surface area contributed by atoms with Gasteiger partial charge >= 0.3 is 0 Å². The van der Waals surface area contributed by atoms with Gasteiger partial charge in [0.1, 0.15) is 0 Å². The highest BCUT2D eigenvalue weighted by Crippen LogP contribution is 2.16. The van der Waals surface area contributed by atoms with Crippen molar-refractivity contribution in [3.05, 3.63) is 65.2 Å². The average molecular weight is 323 g/mol. The van der Waals surface area contributed by atoms with Crippen molar-refractivity contribution >= 4 is 23.7 Å². The number of nitrogens with zero attached hydrogens (tertiary/aromatic N) is 1. The topological polar surface area (TPSA) is 70.6 Å². The van der Waals surface area contributed by atoms with Crippen LogP contribution in [-0.2, 0) is 9.59 Å². The van der Waals surface area contributed by atoms with E-state index in [1.54, 1.807) is 6.21 Å². The molecule has 5 nitrogen and oxygen atoms in total. The highest BCUT2D eigenvalue weighted by Gasteiger charge is 2.08. The molecule has 0 fully saturated rings. The minimum atomic E-state index is -0.294. The lowest BCUT2D eigenvalue weighted by Crippen LogP contribution is -2.20. The van der Waals surface area contributed by atoms with Gasteiger partial charge in [0.15, 0.2) is 0 Å². The fourth-order valence-corrected chi connectivity index (χ4v) is 2.17. The number of aryl methyl sites for hydroxylation is 2. The molecule has 0 radical (unpaired) electrons. The molecule has 0 heterocycles. The molecule has 2 aromatic rings. The average Bonchev–Trinajstić information content (AvgIpc) is 2.56. The smallest absolute Gasteiger partial charge is 0.240 e. The summed E-state index contributed by atoms with van der Waals surface area (Å²) >= 11 is 0. The van der Waals surface area contributed by atoms with Crippen LogP contribution in [0.2, 0.25) is 0 Å². The van der Waals surface area contributed by atoms with Crippen LogP contribution in [0.25, 0.3) is 0 Å². The predicted molar refractivity (Wildman–Crippen MR) is 96.0 cm³/mol. The van der Waals surface area contributed by atoms with E-state index in [4.69, 9.17) is 0 Å². The summed E-state index contributed by atoms with van der Waals surface area (Å²) in [5, 5.41) is 6.69. The number of hydrazone groups is 1. The lowest BCUT2D eigenvalue weighted by molar-refractivity contribution is -0.124. The molecule has 2 N–H and O–H groups in total. The van der Waals surface area contributed by atoms with Crippen LogP contribution in [0, 0.1) is 13.8 Å². The molecule has 0 aliphatic carbocycles. The van der Waals surface area contributed by atoms with Crippen molar-refractivity contribution in [3.8, 4) is 0 Å². The zero-order valence-corrected chi connectivity index (χ0v) is 13.9. The van der Waals surface area contributed by atoms with E-state index >= 15 is 0 Å². The van der Waals surface area contributed by atoms with Gasteiger partial charge in [0, 0.05) is 18.5 Å². The highest BCUT2D eigenvalue weighted by molar-refractivity contribution is 5.94. The van der Waals surface area contributed by atoms with Crippen LogP contribution in [0.4, 0.5) is 5.69 Å². The summed E-state index contributed by atoms with van der Waals surface area (Å²) in [6, 6.07) is 15.3. The number of rotatable bonds is 6. The van der Waals surface area contributed by atoms with Gasteiger partial charge in [-0.05, 0) is 31.0 Å². The lowest BCUT2D eigenvalue weighted by atomic mass is 10.1. The maximum absolute atomic E-state index is 11.9. The van der Waals surface area contributed by atoms with Crippen molar-refractivity contribution < 1.29 is 9.59 Å². The highest BCUT2D eigenvalue weighted by atomic mass is 16.2. The summed E-state index contributed by atoms with van der Waals surface area (Å²) in [6.45, 7) is 3.94. The Bertz CT molecular complexity index is 740. The van der Waals surface area contributed by atoms with E-state index in [2.05, 4.69) is 15.8 Å². The molecule has 0 aliphatic rings. The molecule has 0 atom stereocenters. The van der Waals surface area contributed by atoms with E-state index in [1.807, 2.05) is 62.4 Å². The summed E-state index contributed by atoms with van der Waals surface area (Å²) in [6.07, 6.45) is 1.76. The quantitative estimate of drug-likeness (QED) is 0.633. The molecule has 2 rings (SSSR count). The summed E-state index contributed by atoms with van der Waals surface area (Å²) in [5.74, 6) is -0.484. The zero-order chi connectivity index (χ0) is 17.4. The SMILES string of the molecule is Cc1ccc(NC(=O)CCC(=O)N/N=C/c2ccccc2)c(C)c1. The summed E-state index contributed by atoms with van der Waals surface area (Å²) < 4.78 is 0. The Balaban J connectivity index is 1.75. The molecular weight excluding hydrogens is 302 g/mol. The number of carbonyl (C=O) groups excluding carboxylic acids is 2. The first kappa shape index (κ1) is 17.4. The third kappa shape index (κ3) is 5.68. The molecule has 2 amide bonds. The fourth-order valence-electron chi connectivity index (χ4n) is 2.17. The molecular formula is C19H21N3O2. The Morgan fingerprint density at radius 3 is 2.42 bits per heavy atom. The van der Waals surface area contributed by atoms with E-state index in [0.29, 0.717) is 0 Å². The maximum atomic E-state index is 11.9. The van der Waals surface area contributed by atoms with Crippen molar-refractivity contribution in [2.24, 2.45) is 5.10 Å². The van der Waals surface area contributed by atoms with Crippen LogP contribution < -0.4 is 10.7 Å². The number of benzene rings is 2. The molecule has 0 aliphatic heterocycles. The van der Waals surface area contributed by atoms with Crippen LogP contribution in [0.3, 0.4) is 0 Å². The van der Waals surface area contributed by atoms with Gasteiger partial charge in [-0.1, -0.05) is 48.0 Å². The van der Waals surface area contributed by atoms with Crippen molar-refractivity contribution in [1.29, 1.82) is 0 Å². The first-order chi connectivity index (χ1) is 11.5. The molecule has 0 saturated carbocycles. The Hall–Kier alpha value is -2.95. The molecule has 124 valence electrons. The Morgan fingerprint density at radius 1 is 1.00 bits per heavy atom. The molecule has 2 aromatic carbocycles. The zero-order valence-electron chi connectivity index (χ0n) is 13.9. The van der Waals surface area contributed by atoms with Crippen LogP contribution in [0.5, 0.6) is 0 Å². The molecule has 5 heteroatoms. The van der Waals surface area contributed by atoms with Crippen LogP contribution in [-0.4, -0.2) is 18.0 Å². The monoisotopic (exact) mass is 323 g/mol. The van der Waals surface area contributed by atoms with E-state index in [9.17, 15) is 9.59 Å². The minimum Gasteiger partial charge on any atom is -0.326 e. The predicted octanol–water partition coefficient (Wildman–Crippen LogP) is 3.17. The Kier molecular flexibility index (Phi) is 6.25. The van der Waals surface area contributed by atoms with Crippen LogP contribution >= 0.6 is 0 Å². The van der Waals surface area contributed by atoms with Gasteiger partial charge in [0.2, 0.25) is 11.8 Å². The number of hydrogen-bond donors (Lipinski definition) is 2. The van der Waals surface area contributed by atoms with Gasteiger partial charge in [-0.15, -0.1) is 0 Å². The van der Waals surface area contributed by atoms with E-state index in [-0.39, 0.29) is 24.7 Å². The molecule has 0 aromatic heterocycles. The van der Waals surface area contributed by atoms with Crippen LogP contribution in [0.1, 0.15) is 29.5 Å². The normalized spacial score (nSPS) is 10.6. The van der Waals surface area contributed by atoms with Gasteiger partial charge in [-0.25, -0.2) is 5.43 Å². The third-order valence-corrected chi connectivity index (χ3v) is 3.44. The second-order valence-electron chi connectivity index (χ2n) is 5.57. The second-order valence-corrected chi connectivity index (χ2v) is 5.57. The number of nitrogens with one attached hydrogen (secondary N) is 2. The minimum absolute atomic E-state index is 0.0862. The van der Waals surface area contributed by atoms with Crippen LogP contribution in [0.15, 0.2) is 53.6 Å². The van der Waals surface area contributed by atoms with Gasteiger partial charge in [-0.2, -0.15) is 5.10 Å². The number of carbonyl (C=O) groups is 2. The van der Waals surface area contributed by atoms with E-state index < -0.39 is 0 Å². The van der Waals surface area contributed by atoms with Crippen molar-refractivity contribution in [1.82, 2.24) is 5.43 Å². The largest absolute Gasteiger partial charge is 0.326 e. The maximum Gasteiger partial charge on any atom is 0.240 e. The standard InChI is InChI=1S/C19H21N3O2/c1-14-8-9-17(15(2)12-14)21-18(23)10-11-19(24)22-20-13-16-6-4-3-5-7-16/h3-9,12-13H,10-11H2,1-2H3,(H,21,23)(H,22,24)/b20-13+. The lowest BCUT2D eigenvalue weighted by Gasteiger charge is -2.08. The van der Waals surface area contributed by atoms with Gasteiger partial charge in [0.25, 0.3) is 0 Å². The Morgan fingerprint density at radius 2 is 1.71 bits per heavy atom. The summed E-state index contributed by atoms with van der Waals surface area (Å²) in [5.41, 5.74) is 6.23. The van der Waals surface area contributed by atoms with Gasteiger partial charge < -0.3 is 5.32 Å². The number of anilines is 1. The molecule has 0 saturated heterocycles. The summed E-state index contributed by atoms with van der Waals surface area (Å²) in [7, 11) is 0. The van der Waals surface area contributed by atoms with Gasteiger partial charge in [-0.3, -0.25) is 9.59 Å². The molecule has 0 bridgehead atoms. The fraction of sp³-hybridized carbons (Fsp3) is 0.211. The molecule has 0 spiro atoms. The molecule has 0 unspecified atom stereocenters. The first-order valence-corrected chi connectivity index (χ1v) is 7.78. The van der Waals surface area contributed by atoms with E-state index in [0.717, 1.165) is 22.4 Å². The first-order valence-electron chi connectivity index (χ1n) is 7.78. The van der Waals surface area contributed by atoms with Crippen molar-refractivity contribution in [2.45, 2.75) is 26.7 Å². The molecule has 24 heavy (non-hydrogen) atoms. The third-order valence-electron chi connectivity index (χ3n) is 3.44. The van der Waals surface area contributed by atoms with Crippen molar-refractivity contribution in [2.75, 3.05) is 5.32 Å². The second kappa shape index (κ2) is 8.62.